The second-order valence-electron chi connectivity index (χ2n) is 9.21. The van der Waals surface area contributed by atoms with E-state index < -0.39 is 0 Å². The molecule has 1 amide bonds. The first-order valence-electron chi connectivity index (χ1n) is 12.2. The van der Waals surface area contributed by atoms with Crippen LogP contribution in [0.3, 0.4) is 0 Å². The molecule has 1 aromatic heterocycles. The van der Waals surface area contributed by atoms with Crippen molar-refractivity contribution in [2.45, 2.75) is 40.3 Å². The zero-order chi connectivity index (χ0) is 25.1. The molecule has 1 aliphatic rings. The summed E-state index contributed by atoms with van der Waals surface area (Å²) in [4.78, 5) is 20.2. The highest BCUT2D eigenvalue weighted by molar-refractivity contribution is 9.10. The van der Waals surface area contributed by atoms with Crippen molar-refractivity contribution < 1.29 is 9.18 Å². The van der Waals surface area contributed by atoms with Crippen LogP contribution in [0.5, 0.6) is 0 Å². The van der Waals surface area contributed by atoms with Crippen LogP contribution >= 0.6 is 15.9 Å². The maximum Gasteiger partial charge on any atom is 0.255 e. The Hall–Kier alpha value is -2.71. The summed E-state index contributed by atoms with van der Waals surface area (Å²) >= 11 is 3.53. The fourth-order valence-electron chi connectivity index (χ4n) is 4.57. The van der Waals surface area contributed by atoms with Crippen molar-refractivity contribution in [1.82, 2.24) is 19.6 Å². The van der Waals surface area contributed by atoms with Gasteiger partial charge in [0.05, 0.1) is 23.5 Å². The molecule has 35 heavy (non-hydrogen) atoms. The van der Waals surface area contributed by atoms with Gasteiger partial charge in [-0.2, -0.15) is 5.10 Å². The molecule has 1 aliphatic heterocycles. The van der Waals surface area contributed by atoms with Crippen LogP contribution in [0.15, 0.2) is 53.0 Å². The van der Waals surface area contributed by atoms with E-state index in [1.165, 1.54) is 12.1 Å². The number of aryl methyl sites for hydroxylation is 1. The van der Waals surface area contributed by atoms with Crippen molar-refractivity contribution in [3.8, 4) is 5.69 Å². The number of nitrogens with zero attached hydrogens (tertiary/aromatic N) is 5. The van der Waals surface area contributed by atoms with Crippen molar-refractivity contribution in [3.05, 3.63) is 75.6 Å². The first-order chi connectivity index (χ1) is 16.8. The van der Waals surface area contributed by atoms with E-state index in [1.54, 1.807) is 6.07 Å². The minimum absolute atomic E-state index is 0.0173. The summed E-state index contributed by atoms with van der Waals surface area (Å²) in [5.74, 6) is 0.605. The Balaban J connectivity index is 1.77. The van der Waals surface area contributed by atoms with Gasteiger partial charge in [-0.15, -0.1) is 0 Å². The molecule has 0 saturated carbocycles. The maximum atomic E-state index is 14.2. The number of halogens is 2. The van der Waals surface area contributed by atoms with Gasteiger partial charge in [0.25, 0.3) is 5.91 Å². The molecule has 0 bridgehead atoms. The molecule has 186 valence electrons. The monoisotopic (exact) mass is 541 g/mol. The zero-order valence-corrected chi connectivity index (χ0v) is 22.4. The summed E-state index contributed by atoms with van der Waals surface area (Å²) < 4.78 is 16.8. The predicted octanol–water partition coefficient (Wildman–Crippen LogP) is 5.28. The van der Waals surface area contributed by atoms with Crippen LogP contribution in [0, 0.1) is 12.7 Å². The molecule has 4 rings (SSSR count). The minimum atomic E-state index is -0.299. The van der Waals surface area contributed by atoms with Crippen LogP contribution in [-0.4, -0.2) is 64.3 Å². The summed E-state index contributed by atoms with van der Waals surface area (Å²) in [5, 5.41) is 4.85. The molecule has 8 heteroatoms. The molecule has 0 spiro atoms. The lowest BCUT2D eigenvalue weighted by Gasteiger charge is -2.36. The molecule has 0 atom stereocenters. The number of carbonyl (C=O) groups is 1. The zero-order valence-electron chi connectivity index (χ0n) is 20.8. The molecule has 1 fully saturated rings. The SMILES string of the molecule is CCN1CCN(c2c(CN(C(=O)c3ccccc3Br)C(C)C)c(C)nn2-c2cccc(F)c2)CC1. The number of likely N-dealkylation sites (N-methyl/N-ethyl adjacent to an activating group) is 1. The van der Waals surface area contributed by atoms with Gasteiger partial charge >= 0.3 is 0 Å². The first kappa shape index (κ1) is 25.4. The molecular weight excluding hydrogens is 509 g/mol. The van der Waals surface area contributed by atoms with Gasteiger partial charge in [0.2, 0.25) is 0 Å². The summed E-state index contributed by atoms with van der Waals surface area (Å²) in [6.45, 7) is 13.2. The first-order valence-corrected chi connectivity index (χ1v) is 13.0. The van der Waals surface area contributed by atoms with E-state index in [0.29, 0.717) is 17.8 Å². The average molecular weight is 542 g/mol. The standard InChI is InChI=1S/C27H33BrFN5O/c1-5-31-13-15-32(16-14-31)26-24(20(4)30-34(26)22-10-8-9-21(29)17-22)18-33(19(2)3)27(35)23-11-6-7-12-25(23)28/h6-12,17,19H,5,13-16,18H2,1-4H3. The third-order valence-corrected chi connectivity index (χ3v) is 7.34. The molecule has 6 nitrogen and oxygen atoms in total. The van der Waals surface area contributed by atoms with Crippen LogP contribution in [0.25, 0.3) is 5.69 Å². The van der Waals surface area contributed by atoms with Gasteiger partial charge in [0.1, 0.15) is 11.6 Å². The molecule has 2 heterocycles. The molecule has 0 unspecified atom stereocenters. The van der Waals surface area contributed by atoms with Crippen molar-refractivity contribution in [2.24, 2.45) is 0 Å². The highest BCUT2D eigenvalue weighted by Gasteiger charge is 2.29. The average Bonchev–Trinajstić information content (AvgIpc) is 3.18. The van der Waals surface area contributed by atoms with Gasteiger partial charge < -0.3 is 14.7 Å². The number of hydrogen-bond acceptors (Lipinski definition) is 4. The number of amides is 1. The third-order valence-electron chi connectivity index (χ3n) is 6.65. The van der Waals surface area contributed by atoms with Crippen molar-refractivity contribution in [2.75, 3.05) is 37.6 Å². The van der Waals surface area contributed by atoms with Crippen LogP contribution in [0.1, 0.15) is 42.4 Å². The van der Waals surface area contributed by atoms with Crippen LogP contribution in [-0.2, 0) is 6.54 Å². The molecular formula is C27H33BrFN5O. The number of carbonyl (C=O) groups excluding carboxylic acids is 1. The Bertz CT molecular complexity index is 1190. The summed E-state index contributed by atoms with van der Waals surface area (Å²) in [7, 11) is 0. The van der Waals surface area contributed by atoms with Crippen molar-refractivity contribution in [1.29, 1.82) is 0 Å². The third kappa shape index (κ3) is 5.43. The number of hydrogen-bond donors (Lipinski definition) is 0. The van der Waals surface area contributed by atoms with Gasteiger partial charge in [-0.25, -0.2) is 9.07 Å². The van der Waals surface area contributed by atoms with Gasteiger partial charge in [-0.3, -0.25) is 4.79 Å². The van der Waals surface area contributed by atoms with E-state index in [4.69, 9.17) is 5.10 Å². The van der Waals surface area contributed by atoms with E-state index in [1.807, 2.05) is 60.7 Å². The lowest BCUT2D eigenvalue weighted by molar-refractivity contribution is 0.0689. The number of piperazine rings is 1. The highest BCUT2D eigenvalue weighted by Crippen LogP contribution is 2.31. The van der Waals surface area contributed by atoms with E-state index in [2.05, 4.69) is 32.7 Å². The minimum Gasteiger partial charge on any atom is -0.354 e. The largest absolute Gasteiger partial charge is 0.354 e. The number of benzene rings is 2. The van der Waals surface area contributed by atoms with Gasteiger partial charge in [-0.05, 0) is 73.6 Å². The second-order valence-corrected chi connectivity index (χ2v) is 10.1. The molecule has 0 radical (unpaired) electrons. The topological polar surface area (TPSA) is 44.6 Å². The van der Waals surface area contributed by atoms with Gasteiger partial charge in [-0.1, -0.05) is 25.1 Å². The van der Waals surface area contributed by atoms with Gasteiger partial charge in [0, 0.05) is 42.3 Å². The van der Waals surface area contributed by atoms with E-state index in [0.717, 1.165) is 54.3 Å². The fourth-order valence-corrected chi connectivity index (χ4v) is 5.02. The number of anilines is 1. The number of aromatic nitrogens is 2. The fraction of sp³-hybridized carbons (Fsp3) is 0.407. The van der Waals surface area contributed by atoms with E-state index in [9.17, 15) is 9.18 Å². The molecule has 0 N–H and O–H groups in total. The normalized spacial score (nSPS) is 14.5. The molecule has 1 saturated heterocycles. The van der Waals surface area contributed by atoms with Gasteiger partial charge in [0.15, 0.2) is 0 Å². The van der Waals surface area contributed by atoms with E-state index >= 15 is 0 Å². The number of rotatable bonds is 7. The van der Waals surface area contributed by atoms with Crippen LogP contribution in [0.4, 0.5) is 10.2 Å². The Kier molecular flexibility index (Phi) is 7.91. The highest BCUT2D eigenvalue weighted by atomic mass is 79.9. The Morgan fingerprint density at radius 1 is 1.11 bits per heavy atom. The quantitative estimate of drug-likeness (QED) is 0.408. The van der Waals surface area contributed by atoms with E-state index in [-0.39, 0.29) is 17.8 Å². The smallest absolute Gasteiger partial charge is 0.255 e. The van der Waals surface area contributed by atoms with Crippen LogP contribution in [0.2, 0.25) is 0 Å². The summed E-state index contributed by atoms with van der Waals surface area (Å²) in [6.07, 6.45) is 0. The predicted molar refractivity (Wildman–Crippen MR) is 142 cm³/mol. The lowest BCUT2D eigenvalue weighted by atomic mass is 10.1. The molecule has 0 aliphatic carbocycles. The Morgan fingerprint density at radius 2 is 1.83 bits per heavy atom. The van der Waals surface area contributed by atoms with Crippen molar-refractivity contribution >= 4 is 27.7 Å². The Morgan fingerprint density at radius 3 is 2.46 bits per heavy atom. The lowest BCUT2D eigenvalue weighted by Crippen LogP contribution is -2.47. The van der Waals surface area contributed by atoms with Crippen molar-refractivity contribution in [3.63, 3.8) is 0 Å². The summed E-state index contributed by atoms with van der Waals surface area (Å²) in [5.41, 5.74) is 3.15. The van der Waals surface area contributed by atoms with Crippen LogP contribution < -0.4 is 4.90 Å². The maximum absolute atomic E-state index is 14.2. The summed E-state index contributed by atoms with van der Waals surface area (Å²) in [6, 6.07) is 14.0. The second kappa shape index (κ2) is 10.9. The molecule has 3 aromatic rings. The Labute approximate surface area is 215 Å². The molecule has 2 aromatic carbocycles.